The number of rotatable bonds is 45. The van der Waals surface area contributed by atoms with Gasteiger partial charge in [0.05, 0.1) is 24.5 Å². The molecule has 1 unspecified atom stereocenters. The summed E-state index contributed by atoms with van der Waals surface area (Å²) in [7, 11) is 1.80. The van der Waals surface area contributed by atoms with E-state index in [-0.39, 0.29) is 115 Å². The second kappa shape index (κ2) is 51.3. The zero-order chi connectivity index (χ0) is 99.0. The van der Waals surface area contributed by atoms with Crippen LogP contribution in [0.25, 0.3) is 21.7 Å². The van der Waals surface area contributed by atoms with Crippen LogP contribution in [-0.4, -0.2) is 236 Å². The number of H-pyrrole nitrogens is 1. The number of benzene rings is 4. The van der Waals surface area contributed by atoms with Crippen LogP contribution in [0.2, 0.25) is 0 Å². The number of carbonyl (C=O) groups is 17. The van der Waals surface area contributed by atoms with Crippen LogP contribution < -0.4 is 114 Å². The molecule has 1 aliphatic heterocycles. The summed E-state index contributed by atoms with van der Waals surface area (Å²) in [4.78, 5) is 248. The van der Waals surface area contributed by atoms with Crippen LogP contribution in [0.3, 0.4) is 0 Å². The lowest BCUT2D eigenvalue weighted by Crippen LogP contribution is -2.65. The second-order valence-electron chi connectivity index (χ2n) is 35.9. The van der Waals surface area contributed by atoms with Crippen molar-refractivity contribution in [1.82, 2.24) is 79.4 Å². The van der Waals surface area contributed by atoms with Gasteiger partial charge < -0.3 is 124 Å². The molecule has 17 amide bonds. The first-order chi connectivity index (χ1) is 62.5. The van der Waals surface area contributed by atoms with Crippen molar-refractivity contribution in [3.05, 3.63) is 113 Å². The number of aryl methyl sites for hydroxylation is 1. The number of aromatic amines is 1. The van der Waals surface area contributed by atoms with Gasteiger partial charge in [0.1, 0.15) is 84.4 Å². The van der Waals surface area contributed by atoms with E-state index in [2.05, 4.69) is 79.4 Å². The summed E-state index contributed by atoms with van der Waals surface area (Å²) in [5, 5.41) is 51.0. The second-order valence-corrected chi connectivity index (χ2v) is 39.3. The topological polar surface area (TPSA) is 660 Å². The fourth-order valence-electron chi connectivity index (χ4n) is 14.8. The van der Waals surface area contributed by atoms with E-state index in [1.807, 2.05) is 31.2 Å². The van der Waals surface area contributed by atoms with Crippen LogP contribution in [0.4, 0.5) is 0 Å². The Morgan fingerprint density at radius 3 is 1.77 bits per heavy atom. The number of para-hydroxylation sites is 1. The Labute approximate surface area is 782 Å². The third kappa shape index (κ3) is 34.8. The van der Waals surface area contributed by atoms with E-state index >= 15 is 28.8 Å². The molecule has 28 N–H and O–H groups in total. The first-order valence-electron chi connectivity index (χ1n) is 44.5. The van der Waals surface area contributed by atoms with Gasteiger partial charge in [-0.1, -0.05) is 108 Å². The Morgan fingerprint density at radius 2 is 1.15 bits per heavy atom. The van der Waals surface area contributed by atoms with Crippen molar-refractivity contribution in [2.24, 2.45) is 40.3 Å². The molecule has 2 heterocycles. The van der Waals surface area contributed by atoms with Gasteiger partial charge in [0.2, 0.25) is 100 Å². The van der Waals surface area contributed by atoms with Gasteiger partial charge in [-0.2, -0.15) is 0 Å². The number of fused-ring (bicyclic) bond motifs is 2. The molecule has 0 aliphatic carbocycles. The van der Waals surface area contributed by atoms with Crippen molar-refractivity contribution < 1.29 is 91.4 Å². The number of hydrogen-bond acceptors (Lipinski definition) is 24. The third-order valence-electron chi connectivity index (χ3n) is 22.2. The highest BCUT2D eigenvalue weighted by atomic mass is 33.1. The molecule has 1 fully saturated rings. The van der Waals surface area contributed by atoms with E-state index < -0.39 is 207 Å². The largest absolute Gasteiger partial charge is 0.492 e. The molecular formula is C91H135N21O19S2. The molecule has 0 spiro atoms. The molecule has 1 aromatic heterocycles. The number of aliphatic hydroxyl groups is 1. The van der Waals surface area contributed by atoms with Crippen LogP contribution in [0.5, 0.6) is 5.75 Å². The molecule has 5 aromatic rings. The monoisotopic (exact) mass is 1890 g/mol. The predicted molar refractivity (Wildman–Crippen MR) is 504 cm³/mol. The van der Waals surface area contributed by atoms with E-state index in [9.17, 15) is 57.8 Å². The Morgan fingerprint density at radius 1 is 0.564 bits per heavy atom. The van der Waals surface area contributed by atoms with Crippen LogP contribution in [0.1, 0.15) is 182 Å². The SMILES string of the molecule is CC(=O)NCCCC[C@H](NC(=O)[C@](C)(CCCCN)NC(=O)[C@H](Cc1ccc2ccccc2c1)NC(=O)[C@H](Cc1ccc(OCCN)cc1)NC(=O)[C@H]1NC(=O)[C@H](CCCCNC(=O)C(C)(C)N)NC(=O)C(Cc2c[nH]c3c(C)cccc23)NC(=O)[C@H]([C@@H](C)O)NC(=O)[C@H](CC(N)=O)NC(=O)[C@@H](NC(C)=O)C(C)(C)SSC1(C)C)C(=O)N[C@@H](CC(N)=O)C(=O)N[C@H](CC(C)C)C(N)=O. The van der Waals surface area contributed by atoms with Gasteiger partial charge in [-0.3, -0.25) is 81.5 Å². The summed E-state index contributed by atoms with van der Waals surface area (Å²) in [5.74, 6) is -16.1. The van der Waals surface area contributed by atoms with Gasteiger partial charge in [-0.05, 0) is 184 Å². The van der Waals surface area contributed by atoms with Gasteiger partial charge in [-0.15, -0.1) is 0 Å². The van der Waals surface area contributed by atoms with E-state index in [4.69, 9.17) is 39.1 Å². The average Bonchev–Trinajstić information content (AvgIpc) is 1.68. The summed E-state index contributed by atoms with van der Waals surface area (Å²) in [6, 6.07) is 5.60. The molecule has 0 saturated carbocycles. The number of aliphatic hydroxyl groups excluding tert-OH is 1. The van der Waals surface area contributed by atoms with Crippen molar-refractivity contribution >= 4 is 144 Å². The van der Waals surface area contributed by atoms with Crippen molar-refractivity contribution in [3.8, 4) is 5.75 Å². The van der Waals surface area contributed by atoms with E-state index in [0.29, 0.717) is 45.1 Å². The fourth-order valence-corrected chi connectivity index (χ4v) is 17.6. The molecular weight excluding hydrogens is 1760 g/mol. The quantitative estimate of drug-likeness (QED) is 0.0169. The minimum Gasteiger partial charge on any atom is -0.492 e. The predicted octanol–water partition coefficient (Wildman–Crippen LogP) is -0.703. The van der Waals surface area contributed by atoms with Crippen molar-refractivity contribution in [3.63, 3.8) is 0 Å². The zero-order valence-corrected chi connectivity index (χ0v) is 79.5. The highest BCUT2D eigenvalue weighted by Gasteiger charge is 2.47. The lowest BCUT2D eigenvalue weighted by Gasteiger charge is -2.39. The number of ether oxygens (including phenoxy) is 1. The number of carbonyl (C=O) groups excluding carboxylic acids is 17. The molecule has 4 aromatic carbocycles. The smallest absolute Gasteiger partial charge is 0.246 e. The fraction of sp³-hybridized carbons (Fsp3) is 0.549. The van der Waals surface area contributed by atoms with Gasteiger partial charge in [0.15, 0.2) is 0 Å². The van der Waals surface area contributed by atoms with Crippen LogP contribution in [0.15, 0.2) is 91.1 Å². The first-order valence-corrected chi connectivity index (χ1v) is 46.6. The van der Waals surface area contributed by atoms with E-state index in [0.717, 1.165) is 46.4 Å². The van der Waals surface area contributed by atoms with Crippen molar-refractivity contribution in [2.45, 2.75) is 279 Å². The van der Waals surface area contributed by atoms with Crippen LogP contribution in [0, 0.1) is 12.8 Å². The van der Waals surface area contributed by atoms with Crippen molar-refractivity contribution in [1.29, 1.82) is 0 Å². The number of primary amides is 3. The molecule has 6 rings (SSSR count). The summed E-state index contributed by atoms with van der Waals surface area (Å²) in [5.41, 5.74) is 34.4. The Bertz CT molecular complexity index is 4950. The standard InChI is InChI=1S/C91H135N21O19S2/c1-49(2)41-63(75(96)118)103-80(123)67(46-69(94)116)105-76(119)62(28-16-20-38-98-52(5)114)109-87(130)91(13,35-18-19-36-92)112-82(125)65(44-55-29-32-56-24-14-15-25-57(56)42-55)104-78(121)64(43-54-30-33-59(34-31-54)131-40-37-93)107-85(128)74-90(11,12)133-132-89(9,10)73(101-53(6)115)84(127)108-68(47-70(95)117)81(124)110-72(51(4)113)83(126)106-66(45-58-48-100-71-50(3)23-22-26-60(58)71)79(122)102-61(77(120)111-74)27-17-21-39-99-86(129)88(7,8)97/h14-15,22-26,29-34,42,48-49,51,61-68,72-74,100,113H,16-21,27-28,35-41,43-47,92-93,97H2,1-13H3,(H2,94,116)(H2,95,117)(H2,96,118)(H,98,114)(H,99,129)(H,101,115)(H,102,122)(H,103,123)(H,104,121)(H,105,119)(H,106,126)(H,107,128)(H,108,127)(H,109,130)(H,110,124)(H,111,120)(H,112,125)/t51-,61+,62+,63-,64+,65+,66?,67+,68+,72+,73-,74-,91+/m1/s1. The summed E-state index contributed by atoms with van der Waals surface area (Å²) < 4.78 is 2.56. The minimum atomic E-state index is -2.03. The summed E-state index contributed by atoms with van der Waals surface area (Å²) in [6.07, 6.45) is -2.29. The maximum Gasteiger partial charge on any atom is 0.246 e. The van der Waals surface area contributed by atoms with Crippen molar-refractivity contribution in [2.75, 3.05) is 32.8 Å². The van der Waals surface area contributed by atoms with Crippen LogP contribution in [-0.2, 0) is 101 Å². The Kier molecular flexibility index (Phi) is 42.3. The highest BCUT2D eigenvalue weighted by Crippen LogP contribution is 2.47. The first kappa shape index (κ1) is 110. The number of nitrogens with two attached hydrogens (primary N) is 6. The molecule has 0 radical (unpaired) electrons. The number of unbranched alkanes of at least 4 members (excludes halogenated alkanes) is 3. The normalized spacial score (nSPS) is 19.2. The molecule has 40 nitrogen and oxygen atoms in total. The van der Waals surface area contributed by atoms with Gasteiger partial charge in [-0.25, -0.2) is 0 Å². The van der Waals surface area contributed by atoms with Gasteiger partial charge >= 0.3 is 0 Å². The maximum absolute atomic E-state index is 16.4. The lowest BCUT2D eigenvalue weighted by atomic mass is 9.91. The highest BCUT2D eigenvalue weighted by molar-refractivity contribution is 8.77. The van der Waals surface area contributed by atoms with Gasteiger partial charge in [0, 0.05) is 79.3 Å². The summed E-state index contributed by atoms with van der Waals surface area (Å²) in [6.45, 7) is 19.9. The van der Waals surface area contributed by atoms with Crippen LogP contribution >= 0.6 is 21.6 Å². The molecule has 42 heteroatoms. The zero-order valence-electron chi connectivity index (χ0n) is 77.9. The number of aromatic nitrogens is 1. The Hall–Kier alpha value is -12.0. The lowest BCUT2D eigenvalue weighted by molar-refractivity contribution is -0.138. The molecule has 1 aliphatic rings. The maximum atomic E-state index is 16.4. The molecule has 133 heavy (non-hydrogen) atoms. The number of hydrogen-bond donors (Lipinski definition) is 22. The van der Waals surface area contributed by atoms with E-state index in [1.54, 1.807) is 80.7 Å². The molecule has 730 valence electrons. The van der Waals surface area contributed by atoms with Gasteiger partial charge in [0.25, 0.3) is 0 Å². The minimum absolute atomic E-state index is 0.0198. The summed E-state index contributed by atoms with van der Waals surface area (Å²) >= 11 is 0. The molecule has 1 saturated heterocycles. The average molecular weight is 1890 g/mol. The Balaban J connectivity index is 1.56. The number of amides is 17. The third-order valence-corrected chi connectivity index (χ3v) is 26.5. The molecule has 0 bridgehead atoms. The molecule has 13 atom stereocenters. The number of nitrogens with one attached hydrogen (secondary N) is 15. The van der Waals surface area contributed by atoms with E-state index in [1.165, 1.54) is 55.4 Å².